The summed E-state index contributed by atoms with van der Waals surface area (Å²) in [6.45, 7) is 3.82. The van der Waals surface area contributed by atoms with Gasteiger partial charge in [-0.05, 0) is 32.4 Å². The zero-order valence-electron chi connectivity index (χ0n) is 10.9. The Morgan fingerprint density at radius 1 is 1.21 bits per heavy atom. The summed E-state index contributed by atoms with van der Waals surface area (Å²) in [4.78, 5) is 34.6. The molecule has 3 amide bonds. The molecule has 1 aliphatic heterocycles. The van der Waals surface area contributed by atoms with Crippen LogP contribution in [0.4, 0.5) is 0 Å². The van der Waals surface area contributed by atoms with Gasteiger partial charge in [0.15, 0.2) is 0 Å². The highest BCUT2D eigenvalue weighted by molar-refractivity contribution is 6.03. The number of benzene rings is 1. The standard InChI is InChI=1S/C14H16N2O3/c1-8-5-9(2)7-10(6-8)13(18)15-11-3-4-12(17)16-14(11)19/h5-7,11H,3-4H2,1-2H3,(H,15,18)(H,16,17,19). The highest BCUT2D eigenvalue weighted by atomic mass is 16.2. The van der Waals surface area contributed by atoms with E-state index in [2.05, 4.69) is 10.6 Å². The number of carbonyl (C=O) groups is 3. The molecule has 1 aromatic rings. The molecular weight excluding hydrogens is 244 g/mol. The minimum Gasteiger partial charge on any atom is -0.340 e. The summed E-state index contributed by atoms with van der Waals surface area (Å²) < 4.78 is 0. The number of imide groups is 1. The molecule has 1 atom stereocenters. The van der Waals surface area contributed by atoms with Gasteiger partial charge in [0.25, 0.3) is 5.91 Å². The molecule has 0 spiro atoms. The Morgan fingerprint density at radius 2 is 1.84 bits per heavy atom. The van der Waals surface area contributed by atoms with Crippen LogP contribution in [-0.2, 0) is 9.59 Å². The van der Waals surface area contributed by atoms with E-state index in [9.17, 15) is 14.4 Å². The van der Waals surface area contributed by atoms with Gasteiger partial charge in [-0.1, -0.05) is 17.2 Å². The molecule has 1 aromatic carbocycles. The average Bonchev–Trinajstić information content (AvgIpc) is 2.31. The van der Waals surface area contributed by atoms with Gasteiger partial charge in [0.05, 0.1) is 0 Å². The number of piperidine rings is 1. The van der Waals surface area contributed by atoms with E-state index in [1.807, 2.05) is 19.9 Å². The normalized spacial score (nSPS) is 18.9. The zero-order chi connectivity index (χ0) is 14.0. The molecule has 1 saturated heterocycles. The van der Waals surface area contributed by atoms with E-state index < -0.39 is 11.9 Å². The second-order valence-corrected chi connectivity index (χ2v) is 4.85. The van der Waals surface area contributed by atoms with Gasteiger partial charge in [-0.15, -0.1) is 0 Å². The number of hydrogen-bond donors (Lipinski definition) is 2. The first kappa shape index (κ1) is 13.3. The molecule has 2 N–H and O–H groups in total. The number of nitrogens with one attached hydrogen (secondary N) is 2. The molecule has 0 aromatic heterocycles. The van der Waals surface area contributed by atoms with Crippen LogP contribution in [0.2, 0.25) is 0 Å². The van der Waals surface area contributed by atoms with Crippen molar-refractivity contribution >= 4 is 17.7 Å². The van der Waals surface area contributed by atoms with Crippen LogP contribution in [0, 0.1) is 13.8 Å². The fourth-order valence-corrected chi connectivity index (χ4v) is 2.18. The fraction of sp³-hybridized carbons (Fsp3) is 0.357. The summed E-state index contributed by atoms with van der Waals surface area (Å²) in [6.07, 6.45) is 0.602. The molecule has 0 aliphatic carbocycles. The van der Waals surface area contributed by atoms with Gasteiger partial charge in [-0.25, -0.2) is 0 Å². The first-order chi connectivity index (χ1) is 8.95. The lowest BCUT2D eigenvalue weighted by Gasteiger charge is -2.21. The summed E-state index contributed by atoms with van der Waals surface area (Å²) in [7, 11) is 0. The predicted molar refractivity (Wildman–Crippen MR) is 69.6 cm³/mol. The van der Waals surface area contributed by atoms with Crippen molar-refractivity contribution in [1.82, 2.24) is 10.6 Å². The van der Waals surface area contributed by atoms with Crippen LogP contribution in [0.3, 0.4) is 0 Å². The van der Waals surface area contributed by atoms with E-state index in [-0.39, 0.29) is 18.2 Å². The Kier molecular flexibility index (Phi) is 3.64. The minimum absolute atomic E-state index is 0.254. The molecule has 5 nitrogen and oxygen atoms in total. The van der Waals surface area contributed by atoms with Gasteiger partial charge >= 0.3 is 0 Å². The van der Waals surface area contributed by atoms with Crippen LogP contribution >= 0.6 is 0 Å². The first-order valence-electron chi connectivity index (χ1n) is 6.18. The third-order valence-corrected chi connectivity index (χ3v) is 3.03. The molecule has 0 saturated carbocycles. The van der Waals surface area contributed by atoms with Crippen LogP contribution in [0.5, 0.6) is 0 Å². The Balaban J connectivity index is 2.08. The maximum absolute atomic E-state index is 12.1. The third-order valence-electron chi connectivity index (χ3n) is 3.03. The number of hydrogen-bond acceptors (Lipinski definition) is 3. The van der Waals surface area contributed by atoms with Crippen molar-refractivity contribution in [2.75, 3.05) is 0 Å². The summed E-state index contributed by atoms with van der Waals surface area (Å²) in [5.41, 5.74) is 2.52. The minimum atomic E-state index is -0.633. The van der Waals surface area contributed by atoms with Crippen LogP contribution in [0.15, 0.2) is 18.2 Å². The maximum Gasteiger partial charge on any atom is 0.251 e. The molecule has 1 heterocycles. The molecule has 5 heteroatoms. The van der Waals surface area contributed by atoms with Crippen molar-refractivity contribution in [3.05, 3.63) is 34.9 Å². The molecule has 0 bridgehead atoms. The molecule has 100 valence electrons. The Labute approximate surface area is 111 Å². The predicted octanol–water partition coefficient (Wildman–Crippen LogP) is 0.838. The van der Waals surface area contributed by atoms with Crippen molar-refractivity contribution in [3.63, 3.8) is 0 Å². The molecular formula is C14H16N2O3. The second-order valence-electron chi connectivity index (χ2n) is 4.85. The summed E-state index contributed by atoms with van der Waals surface area (Å²) >= 11 is 0. The lowest BCUT2D eigenvalue weighted by molar-refractivity contribution is -0.134. The number of carbonyl (C=O) groups excluding carboxylic acids is 3. The van der Waals surface area contributed by atoms with Crippen molar-refractivity contribution < 1.29 is 14.4 Å². The van der Waals surface area contributed by atoms with E-state index in [0.29, 0.717) is 12.0 Å². The van der Waals surface area contributed by atoms with Crippen LogP contribution < -0.4 is 10.6 Å². The zero-order valence-corrected chi connectivity index (χ0v) is 10.9. The third kappa shape index (κ3) is 3.19. The summed E-state index contributed by atoms with van der Waals surface area (Å²) in [5, 5.41) is 4.87. The van der Waals surface area contributed by atoms with E-state index in [0.717, 1.165) is 11.1 Å². The first-order valence-corrected chi connectivity index (χ1v) is 6.18. The van der Waals surface area contributed by atoms with Gasteiger partial charge in [-0.3, -0.25) is 19.7 Å². The number of rotatable bonds is 2. The largest absolute Gasteiger partial charge is 0.340 e. The lowest BCUT2D eigenvalue weighted by atomic mass is 10.0. The second kappa shape index (κ2) is 5.22. The van der Waals surface area contributed by atoms with E-state index >= 15 is 0 Å². The highest BCUT2D eigenvalue weighted by Crippen LogP contribution is 2.10. The van der Waals surface area contributed by atoms with E-state index in [1.54, 1.807) is 12.1 Å². The van der Waals surface area contributed by atoms with Crippen LogP contribution in [0.1, 0.15) is 34.3 Å². The molecule has 1 unspecified atom stereocenters. The van der Waals surface area contributed by atoms with Gasteiger partial charge in [0.2, 0.25) is 11.8 Å². The summed E-state index contributed by atoms with van der Waals surface area (Å²) in [6, 6.07) is 4.89. The number of aryl methyl sites for hydroxylation is 2. The molecule has 19 heavy (non-hydrogen) atoms. The molecule has 2 rings (SSSR count). The molecule has 1 aliphatic rings. The Hall–Kier alpha value is -2.17. The SMILES string of the molecule is Cc1cc(C)cc(C(=O)NC2CCC(=O)NC2=O)c1. The van der Waals surface area contributed by atoms with Crippen molar-refractivity contribution in [3.8, 4) is 0 Å². The fourth-order valence-electron chi connectivity index (χ4n) is 2.18. The Morgan fingerprint density at radius 3 is 2.42 bits per heavy atom. The van der Waals surface area contributed by atoms with Gasteiger partial charge in [0, 0.05) is 12.0 Å². The quantitative estimate of drug-likeness (QED) is 0.774. The van der Waals surface area contributed by atoms with Crippen molar-refractivity contribution in [2.45, 2.75) is 32.7 Å². The molecule has 0 radical (unpaired) electrons. The van der Waals surface area contributed by atoms with Gasteiger partial charge in [-0.2, -0.15) is 0 Å². The van der Waals surface area contributed by atoms with Crippen LogP contribution in [0.25, 0.3) is 0 Å². The smallest absolute Gasteiger partial charge is 0.251 e. The summed E-state index contributed by atoms with van der Waals surface area (Å²) in [5.74, 6) is -1.02. The topological polar surface area (TPSA) is 75.3 Å². The van der Waals surface area contributed by atoms with Crippen LogP contribution in [-0.4, -0.2) is 23.8 Å². The maximum atomic E-state index is 12.1. The van der Waals surface area contributed by atoms with E-state index in [1.165, 1.54) is 0 Å². The monoisotopic (exact) mass is 260 g/mol. The lowest BCUT2D eigenvalue weighted by Crippen LogP contribution is -2.52. The van der Waals surface area contributed by atoms with E-state index in [4.69, 9.17) is 0 Å². The average molecular weight is 260 g/mol. The van der Waals surface area contributed by atoms with Crippen molar-refractivity contribution in [1.29, 1.82) is 0 Å². The number of amides is 3. The molecule has 1 fully saturated rings. The highest BCUT2D eigenvalue weighted by Gasteiger charge is 2.28. The van der Waals surface area contributed by atoms with Gasteiger partial charge in [0.1, 0.15) is 6.04 Å². The Bertz CT molecular complexity index is 531. The van der Waals surface area contributed by atoms with Crippen molar-refractivity contribution in [2.24, 2.45) is 0 Å². The van der Waals surface area contributed by atoms with Gasteiger partial charge < -0.3 is 5.32 Å².